The lowest BCUT2D eigenvalue weighted by Gasteiger charge is -2.09. The summed E-state index contributed by atoms with van der Waals surface area (Å²) >= 11 is 0. The minimum Gasteiger partial charge on any atom is -0.497 e. The van der Waals surface area contributed by atoms with Crippen LogP contribution in [0.15, 0.2) is 42.5 Å². The van der Waals surface area contributed by atoms with E-state index < -0.39 is 5.97 Å². The van der Waals surface area contributed by atoms with E-state index in [2.05, 4.69) is 0 Å². The highest BCUT2D eigenvalue weighted by Crippen LogP contribution is 2.19. The molecule has 0 unspecified atom stereocenters. The van der Waals surface area contributed by atoms with Gasteiger partial charge in [-0.1, -0.05) is 24.3 Å². The fraction of sp³-hybridized carbons (Fsp3) is 0.188. The maximum atomic E-state index is 12.0. The average Bonchev–Trinajstić information content (AvgIpc) is 2.48. The molecule has 0 aliphatic carbocycles. The molecule has 0 heterocycles. The Morgan fingerprint density at radius 2 is 1.95 bits per heavy atom. The SMILES string of the molecule is COc1cccc(COC(=O)c2cccc(C)c2N)c1. The van der Waals surface area contributed by atoms with Crippen molar-refractivity contribution in [3.63, 3.8) is 0 Å². The first-order valence-corrected chi connectivity index (χ1v) is 6.27. The lowest BCUT2D eigenvalue weighted by atomic mass is 10.1. The van der Waals surface area contributed by atoms with E-state index in [9.17, 15) is 4.79 Å². The predicted octanol–water partition coefficient (Wildman–Crippen LogP) is 2.94. The van der Waals surface area contributed by atoms with Gasteiger partial charge in [-0.05, 0) is 36.2 Å². The second-order valence-corrected chi connectivity index (χ2v) is 4.46. The Bertz CT molecular complexity index is 623. The van der Waals surface area contributed by atoms with Crippen LogP contribution >= 0.6 is 0 Å². The molecule has 0 aliphatic rings. The number of carbonyl (C=O) groups excluding carboxylic acids is 1. The summed E-state index contributed by atoms with van der Waals surface area (Å²) in [5.41, 5.74) is 8.46. The molecule has 2 aromatic rings. The second-order valence-electron chi connectivity index (χ2n) is 4.46. The molecule has 0 radical (unpaired) electrons. The summed E-state index contributed by atoms with van der Waals surface area (Å²) in [4.78, 5) is 12.0. The van der Waals surface area contributed by atoms with Crippen LogP contribution in [0.5, 0.6) is 5.75 Å². The molecule has 2 rings (SSSR count). The number of benzene rings is 2. The number of methoxy groups -OCH3 is 1. The third-order valence-corrected chi connectivity index (χ3v) is 3.05. The summed E-state index contributed by atoms with van der Waals surface area (Å²) in [5.74, 6) is 0.308. The van der Waals surface area contributed by atoms with Crippen molar-refractivity contribution in [3.05, 3.63) is 59.2 Å². The van der Waals surface area contributed by atoms with Crippen LogP contribution in [0, 0.1) is 6.92 Å². The molecular weight excluding hydrogens is 254 g/mol. The van der Waals surface area contributed by atoms with E-state index in [1.54, 1.807) is 19.2 Å². The van der Waals surface area contributed by atoms with Gasteiger partial charge < -0.3 is 15.2 Å². The monoisotopic (exact) mass is 271 g/mol. The van der Waals surface area contributed by atoms with Crippen LogP contribution in [0.3, 0.4) is 0 Å². The maximum absolute atomic E-state index is 12.0. The van der Waals surface area contributed by atoms with Crippen molar-refractivity contribution in [1.82, 2.24) is 0 Å². The van der Waals surface area contributed by atoms with Gasteiger partial charge in [-0.25, -0.2) is 4.79 Å². The molecule has 104 valence electrons. The summed E-state index contributed by atoms with van der Waals surface area (Å²) in [5, 5.41) is 0. The lowest BCUT2D eigenvalue weighted by Crippen LogP contribution is -2.09. The van der Waals surface area contributed by atoms with Crippen LogP contribution in [-0.4, -0.2) is 13.1 Å². The number of nitrogens with two attached hydrogens (primary N) is 1. The molecule has 4 heteroatoms. The highest BCUT2D eigenvalue weighted by molar-refractivity contribution is 5.95. The summed E-state index contributed by atoms with van der Waals surface area (Å²) < 4.78 is 10.4. The minimum absolute atomic E-state index is 0.184. The second kappa shape index (κ2) is 6.10. The molecule has 2 aromatic carbocycles. The van der Waals surface area contributed by atoms with Gasteiger partial charge in [0.25, 0.3) is 0 Å². The maximum Gasteiger partial charge on any atom is 0.340 e. The number of hydrogen-bond donors (Lipinski definition) is 1. The third kappa shape index (κ3) is 3.09. The highest BCUT2D eigenvalue weighted by Gasteiger charge is 2.12. The quantitative estimate of drug-likeness (QED) is 0.686. The topological polar surface area (TPSA) is 61.5 Å². The third-order valence-electron chi connectivity index (χ3n) is 3.05. The number of aryl methyl sites for hydroxylation is 1. The Morgan fingerprint density at radius 1 is 1.20 bits per heavy atom. The Kier molecular flexibility index (Phi) is 4.25. The molecule has 0 aromatic heterocycles. The molecule has 0 spiro atoms. The van der Waals surface area contributed by atoms with Crippen molar-refractivity contribution in [2.45, 2.75) is 13.5 Å². The zero-order valence-electron chi connectivity index (χ0n) is 11.6. The number of carbonyl (C=O) groups is 1. The van der Waals surface area contributed by atoms with Crippen molar-refractivity contribution in [2.75, 3.05) is 12.8 Å². The van der Waals surface area contributed by atoms with E-state index in [0.29, 0.717) is 11.3 Å². The van der Waals surface area contributed by atoms with Crippen molar-refractivity contribution >= 4 is 11.7 Å². The molecule has 0 saturated carbocycles. The Morgan fingerprint density at radius 3 is 2.70 bits per heavy atom. The summed E-state index contributed by atoms with van der Waals surface area (Å²) in [6.45, 7) is 2.04. The van der Waals surface area contributed by atoms with E-state index in [1.165, 1.54) is 0 Å². The average molecular weight is 271 g/mol. The van der Waals surface area contributed by atoms with Gasteiger partial charge in [0.1, 0.15) is 12.4 Å². The van der Waals surface area contributed by atoms with Gasteiger partial charge >= 0.3 is 5.97 Å². The summed E-state index contributed by atoms with van der Waals surface area (Å²) in [6, 6.07) is 12.7. The van der Waals surface area contributed by atoms with Crippen molar-refractivity contribution in [1.29, 1.82) is 0 Å². The number of hydrogen-bond acceptors (Lipinski definition) is 4. The fourth-order valence-corrected chi connectivity index (χ4v) is 1.85. The molecule has 0 fully saturated rings. The number of para-hydroxylation sites is 1. The lowest BCUT2D eigenvalue weighted by molar-refractivity contribution is 0.0473. The van der Waals surface area contributed by atoms with Crippen molar-refractivity contribution in [3.8, 4) is 5.75 Å². The molecular formula is C16H17NO3. The van der Waals surface area contributed by atoms with Crippen LogP contribution in [0.1, 0.15) is 21.5 Å². The largest absolute Gasteiger partial charge is 0.497 e. The first kappa shape index (κ1) is 13.9. The van der Waals surface area contributed by atoms with Gasteiger partial charge in [-0.2, -0.15) is 0 Å². The smallest absolute Gasteiger partial charge is 0.340 e. The normalized spacial score (nSPS) is 10.1. The van der Waals surface area contributed by atoms with E-state index in [-0.39, 0.29) is 6.61 Å². The molecule has 4 nitrogen and oxygen atoms in total. The molecule has 0 saturated heterocycles. The predicted molar refractivity (Wildman–Crippen MR) is 77.7 cm³/mol. The Labute approximate surface area is 118 Å². The zero-order valence-corrected chi connectivity index (χ0v) is 11.6. The van der Waals surface area contributed by atoms with E-state index in [1.807, 2.05) is 37.3 Å². The number of esters is 1. The number of ether oxygens (including phenoxy) is 2. The summed E-state index contributed by atoms with van der Waals surface area (Å²) in [6.07, 6.45) is 0. The molecule has 0 aliphatic heterocycles. The van der Waals surface area contributed by atoms with Gasteiger partial charge in [0, 0.05) is 5.69 Å². The van der Waals surface area contributed by atoms with Gasteiger partial charge in [0.15, 0.2) is 0 Å². The van der Waals surface area contributed by atoms with Gasteiger partial charge in [-0.15, -0.1) is 0 Å². The molecule has 0 atom stereocenters. The summed E-state index contributed by atoms with van der Waals surface area (Å²) in [7, 11) is 1.60. The first-order valence-electron chi connectivity index (χ1n) is 6.27. The van der Waals surface area contributed by atoms with Gasteiger partial charge in [0.2, 0.25) is 0 Å². The Hall–Kier alpha value is -2.49. The van der Waals surface area contributed by atoms with E-state index in [4.69, 9.17) is 15.2 Å². The molecule has 20 heavy (non-hydrogen) atoms. The Balaban J connectivity index is 2.06. The van der Waals surface area contributed by atoms with Crippen LogP contribution in [-0.2, 0) is 11.3 Å². The number of anilines is 1. The fourth-order valence-electron chi connectivity index (χ4n) is 1.85. The van der Waals surface area contributed by atoms with Crippen LogP contribution < -0.4 is 10.5 Å². The van der Waals surface area contributed by atoms with Crippen LogP contribution in [0.2, 0.25) is 0 Å². The van der Waals surface area contributed by atoms with Crippen molar-refractivity contribution in [2.24, 2.45) is 0 Å². The molecule has 2 N–H and O–H groups in total. The molecule has 0 amide bonds. The highest BCUT2D eigenvalue weighted by atomic mass is 16.5. The number of nitrogen functional groups attached to an aromatic ring is 1. The zero-order chi connectivity index (χ0) is 14.5. The van der Waals surface area contributed by atoms with E-state index in [0.717, 1.165) is 16.9 Å². The standard InChI is InChI=1S/C16H17NO3/c1-11-5-3-8-14(15(11)17)16(18)20-10-12-6-4-7-13(9-12)19-2/h3-9H,10,17H2,1-2H3. The van der Waals surface area contributed by atoms with Crippen LogP contribution in [0.4, 0.5) is 5.69 Å². The van der Waals surface area contributed by atoms with Gasteiger partial charge in [-0.3, -0.25) is 0 Å². The van der Waals surface area contributed by atoms with Crippen molar-refractivity contribution < 1.29 is 14.3 Å². The first-order chi connectivity index (χ1) is 9.61. The minimum atomic E-state index is -0.422. The van der Waals surface area contributed by atoms with Gasteiger partial charge in [0.05, 0.1) is 12.7 Å². The number of rotatable bonds is 4. The van der Waals surface area contributed by atoms with E-state index >= 15 is 0 Å². The molecule has 0 bridgehead atoms. The van der Waals surface area contributed by atoms with Crippen LogP contribution in [0.25, 0.3) is 0 Å².